The monoisotopic (exact) mass is 237 g/mol. The second-order valence-electron chi connectivity index (χ2n) is 4.93. The van der Waals surface area contributed by atoms with Gasteiger partial charge in [0.25, 0.3) is 0 Å². The Balaban J connectivity index is 2.27. The quantitative estimate of drug-likeness (QED) is 0.674. The number of hydrogen-bond donors (Lipinski definition) is 3. The van der Waals surface area contributed by atoms with Crippen molar-refractivity contribution in [2.45, 2.75) is 33.2 Å². The largest absolute Gasteiger partial charge is 0.367 e. The minimum Gasteiger partial charge on any atom is -0.367 e. The van der Waals surface area contributed by atoms with Crippen LogP contribution in [-0.4, -0.2) is 17.4 Å². The van der Waals surface area contributed by atoms with E-state index in [1.54, 1.807) is 0 Å². The fraction of sp³-hybridized carbons (Fsp3) is 0.615. The van der Waals surface area contributed by atoms with Crippen LogP contribution in [0.4, 0.5) is 0 Å². The van der Waals surface area contributed by atoms with Crippen molar-refractivity contribution >= 4 is 5.91 Å². The molecule has 4 nitrogen and oxygen atoms in total. The number of carbonyl (C=O) groups excluding carboxylic acids is 1. The highest BCUT2D eigenvalue weighted by Gasteiger charge is 2.13. The second-order valence-corrected chi connectivity index (χ2v) is 4.93. The Bertz CT molecular complexity index is 319. The molecular weight excluding hydrogens is 214 g/mol. The molecule has 1 aromatic rings. The van der Waals surface area contributed by atoms with Gasteiger partial charge in [-0.3, -0.25) is 4.79 Å². The third kappa shape index (κ3) is 5.54. The molecule has 0 aliphatic carbocycles. The first-order chi connectivity index (χ1) is 8.11. The maximum atomic E-state index is 11.7. The van der Waals surface area contributed by atoms with Crippen LogP contribution < -0.4 is 11.1 Å². The summed E-state index contributed by atoms with van der Waals surface area (Å²) in [6.45, 7) is 5.47. The zero-order valence-electron chi connectivity index (χ0n) is 10.7. The number of nitrogens with two attached hydrogens (primary N) is 1. The van der Waals surface area contributed by atoms with Crippen molar-refractivity contribution in [1.29, 1.82) is 0 Å². The van der Waals surface area contributed by atoms with Crippen LogP contribution in [0.15, 0.2) is 18.5 Å². The average molecular weight is 237 g/mol. The summed E-state index contributed by atoms with van der Waals surface area (Å²) in [4.78, 5) is 14.7. The van der Waals surface area contributed by atoms with Gasteiger partial charge >= 0.3 is 0 Å². The maximum Gasteiger partial charge on any atom is 0.220 e. The summed E-state index contributed by atoms with van der Waals surface area (Å²) < 4.78 is 0. The minimum atomic E-state index is 0.0855. The van der Waals surface area contributed by atoms with Gasteiger partial charge in [-0.2, -0.15) is 0 Å². The van der Waals surface area contributed by atoms with E-state index in [1.807, 2.05) is 18.5 Å². The molecule has 0 unspecified atom stereocenters. The molecule has 1 amide bonds. The van der Waals surface area contributed by atoms with Crippen LogP contribution >= 0.6 is 0 Å². The maximum absolute atomic E-state index is 11.7. The highest BCUT2D eigenvalue weighted by atomic mass is 16.1. The van der Waals surface area contributed by atoms with Crippen molar-refractivity contribution in [1.82, 2.24) is 10.3 Å². The van der Waals surface area contributed by atoms with Gasteiger partial charge < -0.3 is 16.0 Å². The molecule has 1 atom stereocenters. The molecule has 4 heteroatoms. The summed E-state index contributed by atoms with van der Waals surface area (Å²) in [5, 5.41) is 2.91. The molecule has 0 aliphatic heterocycles. The number of rotatable bonds is 7. The van der Waals surface area contributed by atoms with Crippen LogP contribution in [0.2, 0.25) is 0 Å². The van der Waals surface area contributed by atoms with Crippen molar-refractivity contribution in [2.75, 3.05) is 6.54 Å². The lowest BCUT2D eigenvalue weighted by atomic mass is 9.94. The Hall–Kier alpha value is -1.29. The summed E-state index contributed by atoms with van der Waals surface area (Å²) in [5.41, 5.74) is 6.76. The van der Waals surface area contributed by atoms with Gasteiger partial charge in [0.15, 0.2) is 0 Å². The highest BCUT2D eigenvalue weighted by Crippen LogP contribution is 2.14. The van der Waals surface area contributed by atoms with Crippen LogP contribution in [0.25, 0.3) is 0 Å². The van der Waals surface area contributed by atoms with E-state index in [0.717, 1.165) is 12.0 Å². The number of aromatic nitrogens is 1. The molecule has 0 bridgehead atoms. The molecular formula is C13H23N3O. The molecule has 1 aromatic heterocycles. The lowest BCUT2D eigenvalue weighted by Gasteiger charge is -2.16. The van der Waals surface area contributed by atoms with Crippen LogP contribution in [-0.2, 0) is 11.3 Å². The molecule has 1 heterocycles. The minimum absolute atomic E-state index is 0.0855. The van der Waals surface area contributed by atoms with E-state index in [4.69, 9.17) is 5.73 Å². The number of amides is 1. The van der Waals surface area contributed by atoms with Gasteiger partial charge in [-0.25, -0.2) is 0 Å². The summed E-state index contributed by atoms with van der Waals surface area (Å²) in [5.74, 6) is 0.963. The van der Waals surface area contributed by atoms with Crippen molar-refractivity contribution in [2.24, 2.45) is 17.6 Å². The Morgan fingerprint density at radius 2 is 2.29 bits per heavy atom. The topological polar surface area (TPSA) is 70.9 Å². The average Bonchev–Trinajstić information content (AvgIpc) is 2.77. The van der Waals surface area contributed by atoms with Crippen LogP contribution in [0.5, 0.6) is 0 Å². The van der Waals surface area contributed by atoms with Gasteiger partial charge in [-0.1, -0.05) is 13.8 Å². The zero-order chi connectivity index (χ0) is 12.7. The third-order valence-electron chi connectivity index (χ3n) is 2.76. The molecule has 96 valence electrons. The van der Waals surface area contributed by atoms with Gasteiger partial charge in [0.2, 0.25) is 5.91 Å². The molecule has 0 saturated carbocycles. The Labute approximate surface area is 103 Å². The van der Waals surface area contributed by atoms with Gasteiger partial charge in [0.1, 0.15) is 0 Å². The van der Waals surface area contributed by atoms with E-state index in [9.17, 15) is 4.79 Å². The van der Waals surface area contributed by atoms with E-state index >= 15 is 0 Å². The molecule has 0 aliphatic rings. The van der Waals surface area contributed by atoms with E-state index in [1.165, 1.54) is 0 Å². The molecule has 0 radical (unpaired) electrons. The first kappa shape index (κ1) is 13.8. The first-order valence-corrected chi connectivity index (χ1v) is 6.20. The van der Waals surface area contributed by atoms with Crippen molar-refractivity contribution in [3.05, 3.63) is 24.0 Å². The zero-order valence-corrected chi connectivity index (χ0v) is 10.7. The van der Waals surface area contributed by atoms with Gasteiger partial charge in [-0.15, -0.1) is 0 Å². The summed E-state index contributed by atoms with van der Waals surface area (Å²) >= 11 is 0. The van der Waals surface area contributed by atoms with E-state index < -0.39 is 0 Å². The number of aromatic amines is 1. The summed E-state index contributed by atoms with van der Waals surface area (Å²) in [6.07, 6.45) is 5.27. The van der Waals surface area contributed by atoms with Crippen LogP contribution in [0, 0.1) is 11.8 Å². The first-order valence-electron chi connectivity index (χ1n) is 6.20. The number of H-pyrrole nitrogens is 1. The molecule has 0 spiro atoms. The Morgan fingerprint density at radius 1 is 1.53 bits per heavy atom. The van der Waals surface area contributed by atoms with Crippen molar-refractivity contribution in [3.8, 4) is 0 Å². The van der Waals surface area contributed by atoms with Gasteiger partial charge in [-0.05, 0) is 36.4 Å². The molecule has 1 rings (SSSR count). The standard InChI is InChI=1S/C13H23N3O/c1-10(2)5-12(7-14)6-13(17)16-9-11-3-4-15-8-11/h3-4,8,10,12,15H,5-7,9,14H2,1-2H3,(H,16,17)/t12-/m0/s1. The predicted octanol–water partition coefficient (Wildman–Crippen LogP) is 1.64. The van der Waals surface area contributed by atoms with Crippen LogP contribution in [0.1, 0.15) is 32.3 Å². The summed E-state index contributed by atoms with van der Waals surface area (Å²) in [6, 6.07) is 1.95. The fourth-order valence-corrected chi connectivity index (χ4v) is 1.93. The molecule has 4 N–H and O–H groups in total. The van der Waals surface area contributed by atoms with Crippen molar-refractivity contribution in [3.63, 3.8) is 0 Å². The van der Waals surface area contributed by atoms with Gasteiger partial charge in [0, 0.05) is 25.4 Å². The predicted molar refractivity (Wildman–Crippen MR) is 69.3 cm³/mol. The fourth-order valence-electron chi connectivity index (χ4n) is 1.93. The number of hydrogen-bond acceptors (Lipinski definition) is 2. The van der Waals surface area contributed by atoms with E-state index in [-0.39, 0.29) is 5.91 Å². The smallest absolute Gasteiger partial charge is 0.220 e. The number of carbonyl (C=O) groups is 1. The Morgan fingerprint density at radius 3 is 2.82 bits per heavy atom. The SMILES string of the molecule is CC(C)C[C@H](CN)CC(=O)NCc1cc[nH]c1. The van der Waals surface area contributed by atoms with Crippen molar-refractivity contribution < 1.29 is 4.79 Å². The molecule has 17 heavy (non-hydrogen) atoms. The molecule has 0 aromatic carbocycles. The highest BCUT2D eigenvalue weighted by molar-refractivity contribution is 5.76. The van der Waals surface area contributed by atoms with E-state index in [0.29, 0.717) is 31.3 Å². The molecule has 0 saturated heterocycles. The lowest BCUT2D eigenvalue weighted by Crippen LogP contribution is -2.28. The summed E-state index contributed by atoms with van der Waals surface area (Å²) in [7, 11) is 0. The second kappa shape index (κ2) is 7.12. The lowest BCUT2D eigenvalue weighted by molar-refractivity contribution is -0.122. The Kier molecular flexibility index (Phi) is 5.77. The number of nitrogens with one attached hydrogen (secondary N) is 2. The molecule has 0 fully saturated rings. The third-order valence-corrected chi connectivity index (χ3v) is 2.76. The van der Waals surface area contributed by atoms with E-state index in [2.05, 4.69) is 24.1 Å². The normalized spacial score (nSPS) is 12.7. The van der Waals surface area contributed by atoms with Gasteiger partial charge in [0.05, 0.1) is 0 Å². The van der Waals surface area contributed by atoms with Crippen LogP contribution in [0.3, 0.4) is 0 Å².